The van der Waals surface area contributed by atoms with Crippen LogP contribution in [0.5, 0.6) is 0 Å². The molecule has 1 N–H and O–H groups in total. The van der Waals surface area contributed by atoms with Crippen LogP contribution in [0.15, 0.2) is 114 Å². The summed E-state index contributed by atoms with van der Waals surface area (Å²) in [6, 6.07) is 31.5. The predicted molar refractivity (Wildman–Crippen MR) is 171 cm³/mol. The molecule has 0 aromatic heterocycles. The topological polar surface area (TPSA) is 86.8 Å². The minimum Gasteiger partial charge on any atom is -0.352 e. The van der Waals surface area contributed by atoms with Crippen molar-refractivity contribution in [3.63, 3.8) is 0 Å². The molecule has 0 aliphatic heterocycles. The van der Waals surface area contributed by atoms with Crippen molar-refractivity contribution in [1.82, 2.24) is 10.2 Å². The maximum Gasteiger partial charge on any atom is 0.264 e. The molecule has 224 valence electrons. The lowest BCUT2D eigenvalue weighted by Crippen LogP contribution is -2.54. The van der Waals surface area contributed by atoms with Crippen LogP contribution in [0.3, 0.4) is 0 Å². The van der Waals surface area contributed by atoms with Crippen molar-refractivity contribution in [1.29, 1.82) is 0 Å². The summed E-state index contributed by atoms with van der Waals surface area (Å²) in [6.45, 7) is 7.19. The van der Waals surface area contributed by atoms with E-state index in [0.29, 0.717) is 5.69 Å². The largest absolute Gasteiger partial charge is 0.352 e. The first-order chi connectivity index (χ1) is 20.5. The second kappa shape index (κ2) is 14.2. The summed E-state index contributed by atoms with van der Waals surface area (Å²) in [5.74, 6) is -0.786. The molecule has 0 saturated heterocycles. The second-order valence-electron chi connectivity index (χ2n) is 11.0. The number of amides is 2. The van der Waals surface area contributed by atoms with Gasteiger partial charge in [0.05, 0.1) is 10.6 Å². The van der Waals surface area contributed by atoms with Crippen LogP contribution in [0.4, 0.5) is 5.69 Å². The molecule has 1 atom stereocenters. The molecule has 4 aromatic carbocycles. The monoisotopic (exact) mass is 597 g/mol. The Labute approximate surface area is 255 Å². The highest BCUT2D eigenvalue weighted by molar-refractivity contribution is 7.92. The van der Waals surface area contributed by atoms with Crippen LogP contribution < -0.4 is 9.62 Å². The zero-order chi connectivity index (χ0) is 31.0. The third kappa shape index (κ3) is 8.32. The van der Waals surface area contributed by atoms with Crippen molar-refractivity contribution in [2.75, 3.05) is 10.8 Å². The fourth-order valence-electron chi connectivity index (χ4n) is 4.79. The third-order valence-electron chi connectivity index (χ3n) is 7.11. The van der Waals surface area contributed by atoms with E-state index >= 15 is 0 Å². The lowest BCUT2D eigenvalue weighted by atomic mass is 10.0. The molecular weight excluding hydrogens is 558 g/mol. The molecule has 43 heavy (non-hydrogen) atoms. The number of carbonyl (C=O) groups is 2. The summed E-state index contributed by atoms with van der Waals surface area (Å²) in [5, 5.41) is 2.97. The maximum absolute atomic E-state index is 14.4. The number of nitrogens with zero attached hydrogens (tertiary/aromatic N) is 2. The van der Waals surface area contributed by atoms with Gasteiger partial charge in [-0.1, -0.05) is 96.1 Å². The van der Waals surface area contributed by atoms with E-state index in [0.717, 1.165) is 26.6 Å². The average Bonchev–Trinajstić information content (AvgIpc) is 2.99. The number of rotatable bonds is 12. The first kappa shape index (κ1) is 31.5. The van der Waals surface area contributed by atoms with E-state index in [1.54, 1.807) is 36.4 Å². The summed E-state index contributed by atoms with van der Waals surface area (Å²) < 4.78 is 29.3. The van der Waals surface area contributed by atoms with E-state index in [1.807, 2.05) is 100 Å². The summed E-state index contributed by atoms with van der Waals surface area (Å²) in [5.41, 5.74) is 3.97. The van der Waals surface area contributed by atoms with Gasteiger partial charge in [0, 0.05) is 19.0 Å². The molecular formula is C35H39N3O4S. The van der Waals surface area contributed by atoms with Gasteiger partial charge in [-0.25, -0.2) is 8.42 Å². The fourth-order valence-corrected chi connectivity index (χ4v) is 6.21. The Hall–Kier alpha value is -4.43. The van der Waals surface area contributed by atoms with Crippen LogP contribution in [-0.4, -0.2) is 43.8 Å². The zero-order valence-electron chi connectivity index (χ0n) is 25.1. The number of hydrogen-bond acceptors (Lipinski definition) is 4. The number of aryl methyl sites for hydroxylation is 2. The number of carbonyl (C=O) groups excluding carboxylic acids is 2. The second-order valence-corrected chi connectivity index (χ2v) is 12.9. The summed E-state index contributed by atoms with van der Waals surface area (Å²) >= 11 is 0. The van der Waals surface area contributed by atoms with Gasteiger partial charge in [0.1, 0.15) is 12.6 Å². The van der Waals surface area contributed by atoms with Gasteiger partial charge in [-0.15, -0.1) is 0 Å². The minimum atomic E-state index is -4.12. The van der Waals surface area contributed by atoms with E-state index in [1.165, 1.54) is 4.90 Å². The van der Waals surface area contributed by atoms with Crippen molar-refractivity contribution in [3.8, 4) is 0 Å². The molecule has 2 amide bonds. The van der Waals surface area contributed by atoms with E-state index in [2.05, 4.69) is 5.32 Å². The molecule has 0 spiro atoms. The summed E-state index contributed by atoms with van der Waals surface area (Å²) in [7, 11) is -4.12. The van der Waals surface area contributed by atoms with Gasteiger partial charge in [0.15, 0.2) is 0 Å². The molecule has 0 aliphatic rings. The molecule has 0 aliphatic carbocycles. The number of benzene rings is 4. The van der Waals surface area contributed by atoms with Crippen molar-refractivity contribution in [3.05, 3.63) is 131 Å². The maximum atomic E-state index is 14.4. The summed E-state index contributed by atoms with van der Waals surface area (Å²) in [4.78, 5) is 29.7. The molecule has 0 heterocycles. The van der Waals surface area contributed by atoms with Crippen LogP contribution in [0.2, 0.25) is 0 Å². The lowest BCUT2D eigenvalue weighted by Gasteiger charge is -2.34. The van der Waals surface area contributed by atoms with Crippen LogP contribution in [0.1, 0.15) is 36.1 Å². The Morgan fingerprint density at radius 2 is 1.23 bits per heavy atom. The first-order valence-corrected chi connectivity index (χ1v) is 15.8. The van der Waals surface area contributed by atoms with Crippen molar-refractivity contribution < 1.29 is 18.0 Å². The van der Waals surface area contributed by atoms with E-state index in [-0.39, 0.29) is 29.8 Å². The van der Waals surface area contributed by atoms with Gasteiger partial charge in [0.25, 0.3) is 10.0 Å². The van der Waals surface area contributed by atoms with Crippen molar-refractivity contribution in [2.45, 2.75) is 57.6 Å². The SMILES string of the molecule is Cc1ccc(N(CC(=O)N(Cc2ccccc2)[C@@H](Cc2ccccc2)C(=O)NC(C)C)S(=O)(=O)c2ccc(C)cc2)cc1. The van der Waals surface area contributed by atoms with E-state index in [4.69, 9.17) is 0 Å². The first-order valence-electron chi connectivity index (χ1n) is 14.4. The van der Waals surface area contributed by atoms with Crippen LogP contribution >= 0.6 is 0 Å². The molecule has 0 saturated carbocycles. The Morgan fingerprint density at radius 1 is 0.721 bits per heavy atom. The summed E-state index contributed by atoms with van der Waals surface area (Å²) in [6.07, 6.45) is 0.271. The zero-order valence-corrected chi connectivity index (χ0v) is 25.9. The Balaban J connectivity index is 1.78. The molecule has 0 radical (unpaired) electrons. The molecule has 0 bridgehead atoms. The Bertz CT molecular complexity index is 1610. The molecule has 7 nitrogen and oxygen atoms in total. The fraction of sp³-hybridized carbons (Fsp3) is 0.257. The van der Waals surface area contributed by atoms with Crippen LogP contribution in [-0.2, 0) is 32.6 Å². The highest BCUT2D eigenvalue weighted by atomic mass is 32.2. The van der Waals surface area contributed by atoms with Crippen molar-refractivity contribution >= 4 is 27.5 Å². The van der Waals surface area contributed by atoms with Crippen molar-refractivity contribution in [2.24, 2.45) is 0 Å². The molecule has 0 unspecified atom stereocenters. The third-order valence-corrected chi connectivity index (χ3v) is 8.90. The molecule has 4 rings (SSSR count). The number of sulfonamides is 1. The highest BCUT2D eigenvalue weighted by Gasteiger charge is 2.34. The van der Waals surface area contributed by atoms with Crippen LogP contribution in [0.25, 0.3) is 0 Å². The number of anilines is 1. The highest BCUT2D eigenvalue weighted by Crippen LogP contribution is 2.26. The minimum absolute atomic E-state index is 0.0828. The lowest BCUT2D eigenvalue weighted by molar-refractivity contribution is -0.140. The van der Waals surface area contributed by atoms with Gasteiger partial charge in [0.2, 0.25) is 11.8 Å². The normalized spacial score (nSPS) is 12.0. The molecule has 0 fully saturated rings. The molecule has 4 aromatic rings. The van der Waals surface area contributed by atoms with Gasteiger partial charge in [-0.05, 0) is 63.1 Å². The Morgan fingerprint density at radius 3 is 1.77 bits per heavy atom. The average molecular weight is 598 g/mol. The Kier molecular flexibility index (Phi) is 10.4. The number of hydrogen-bond donors (Lipinski definition) is 1. The standard InChI is InChI=1S/C35H39N3O4S/c1-26(2)36-35(40)33(23-29-11-7-5-8-12-29)37(24-30-13-9-6-10-14-30)34(39)25-38(31-19-15-27(3)16-20-31)43(41,42)32-21-17-28(4)18-22-32/h5-22,26,33H,23-25H2,1-4H3,(H,36,40)/t33-/m0/s1. The van der Waals surface area contributed by atoms with Gasteiger partial charge < -0.3 is 10.2 Å². The van der Waals surface area contributed by atoms with E-state index < -0.39 is 28.5 Å². The molecule has 8 heteroatoms. The number of nitrogens with one attached hydrogen (secondary N) is 1. The quantitative estimate of drug-likeness (QED) is 0.228. The smallest absolute Gasteiger partial charge is 0.264 e. The van der Waals surface area contributed by atoms with E-state index in [9.17, 15) is 18.0 Å². The van der Waals surface area contributed by atoms with Crippen LogP contribution in [0, 0.1) is 13.8 Å². The predicted octanol–water partition coefficient (Wildman–Crippen LogP) is 5.66. The van der Waals surface area contributed by atoms with Gasteiger partial charge >= 0.3 is 0 Å². The van der Waals surface area contributed by atoms with Gasteiger partial charge in [-0.3, -0.25) is 13.9 Å². The van der Waals surface area contributed by atoms with Gasteiger partial charge in [-0.2, -0.15) is 0 Å².